The maximum atomic E-state index is 10.1. The van der Waals surface area contributed by atoms with Gasteiger partial charge in [-0.25, -0.2) is 0 Å². The van der Waals surface area contributed by atoms with Crippen LogP contribution >= 0.6 is 0 Å². The molecule has 2 N–H and O–H groups in total. The molecule has 1 heterocycles. The zero-order valence-corrected chi connectivity index (χ0v) is 16.9. The fraction of sp³-hybridized carbons (Fsp3) is 0.792. The van der Waals surface area contributed by atoms with Crippen molar-refractivity contribution in [2.75, 3.05) is 0 Å². The first-order valence-electron chi connectivity index (χ1n) is 11.5. The number of nitrogens with zero attached hydrogens (tertiary/aromatic N) is 1. The van der Waals surface area contributed by atoms with Crippen LogP contribution in [0.4, 0.5) is 0 Å². The van der Waals surface area contributed by atoms with E-state index in [4.69, 9.17) is 4.74 Å². The third kappa shape index (κ3) is 2.28. The first kappa shape index (κ1) is 17.7. The largest absolute Gasteiger partial charge is 0.411 e. The van der Waals surface area contributed by atoms with Gasteiger partial charge in [-0.1, -0.05) is 23.7 Å². The van der Waals surface area contributed by atoms with E-state index < -0.39 is 6.29 Å². The van der Waals surface area contributed by atoms with Gasteiger partial charge in [0.2, 0.25) is 0 Å². The molecule has 8 atom stereocenters. The molecule has 6 aliphatic rings. The maximum Gasteiger partial charge on any atom is 0.175 e. The van der Waals surface area contributed by atoms with E-state index in [-0.39, 0.29) is 11.0 Å². The van der Waals surface area contributed by atoms with E-state index in [1.807, 2.05) is 6.08 Å². The Balaban J connectivity index is 1.38. The van der Waals surface area contributed by atoms with Crippen LogP contribution in [0.3, 0.4) is 0 Å². The average Bonchev–Trinajstić information content (AvgIpc) is 3.42. The van der Waals surface area contributed by atoms with Gasteiger partial charge in [-0.05, 0) is 105 Å². The summed E-state index contributed by atoms with van der Waals surface area (Å²) in [6.45, 7) is 2.47. The number of aliphatic hydroxyl groups is 1. The Bertz CT molecular complexity index is 768. The van der Waals surface area contributed by atoms with Gasteiger partial charge in [0.15, 0.2) is 6.29 Å². The van der Waals surface area contributed by atoms with Crippen molar-refractivity contribution in [1.29, 1.82) is 0 Å². The number of allylic oxidation sites excluding steroid dienone is 2. The number of fused-ring (bicyclic) bond motifs is 6. The van der Waals surface area contributed by atoms with Crippen LogP contribution in [0.5, 0.6) is 0 Å². The number of rotatable bonds is 1. The van der Waals surface area contributed by atoms with E-state index in [0.717, 1.165) is 48.6 Å². The molecule has 0 radical (unpaired) electrons. The van der Waals surface area contributed by atoms with Gasteiger partial charge in [-0.15, -0.1) is 0 Å². The number of hydrogen-bond donors (Lipinski definition) is 2. The van der Waals surface area contributed by atoms with Crippen LogP contribution in [0.15, 0.2) is 29.0 Å². The van der Waals surface area contributed by atoms with Crippen molar-refractivity contribution in [2.45, 2.75) is 76.6 Å². The molecular weight excluding hydrogens is 350 g/mol. The molecule has 0 aromatic rings. The number of hydrogen-bond acceptors (Lipinski definition) is 4. The molecule has 4 fully saturated rings. The van der Waals surface area contributed by atoms with Crippen molar-refractivity contribution in [3.05, 3.63) is 23.8 Å². The van der Waals surface area contributed by atoms with Crippen molar-refractivity contribution >= 4 is 5.71 Å². The molecule has 5 aliphatic carbocycles. The van der Waals surface area contributed by atoms with E-state index in [0.29, 0.717) is 11.8 Å². The van der Waals surface area contributed by atoms with Crippen molar-refractivity contribution in [2.24, 2.45) is 46.1 Å². The van der Waals surface area contributed by atoms with E-state index in [1.54, 1.807) is 5.57 Å². The van der Waals surface area contributed by atoms with Crippen LogP contribution in [-0.4, -0.2) is 27.9 Å². The fourth-order valence-corrected chi connectivity index (χ4v) is 8.42. The summed E-state index contributed by atoms with van der Waals surface area (Å²) in [5.74, 6) is 4.68. The summed E-state index contributed by atoms with van der Waals surface area (Å²) in [7, 11) is 0. The molecule has 0 bridgehead atoms. The standard InChI is InChI=1S/C24H33NO3/c1-23-9-6-18-17-5-4-16(25-27)12-15(17)13-19(14-2-3-14)22(18)20(23)7-10-24(23)11-8-21(26)28-24/h8,11-12,14,17-22,26-27H,2-7,9-10,13H2,1H3/b25-16+/t17-,18?,19+,20?,21?,22?,23-,24+/m0/s1. The second-order valence-corrected chi connectivity index (χ2v) is 10.8. The molecule has 0 aromatic heterocycles. The Kier molecular flexibility index (Phi) is 3.76. The second-order valence-electron chi connectivity index (χ2n) is 10.8. The van der Waals surface area contributed by atoms with Gasteiger partial charge in [0.1, 0.15) is 0 Å². The van der Waals surface area contributed by atoms with Crippen LogP contribution in [0.25, 0.3) is 0 Å². The minimum absolute atomic E-state index is 0.156. The molecule has 4 unspecified atom stereocenters. The number of ether oxygens (including phenoxy) is 1. The molecule has 28 heavy (non-hydrogen) atoms. The minimum atomic E-state index is -0.719. The molecule has 1 spiro atoms. The van der Waals surface area contributed by atoms with Crippen molar-refractivity contribution in [3.63, 3.8) is 0 Å². The monoisotopic (exact) mass is 383 g/mol. The van der Waals surface area contributed by atoms with Crippen LogP contribution in [0.1, 0.15) is 64.7 Å². The smallest absolute Gasteiger partial charge is 0.175 e. The molecule has 1 aliphatic heterocycles. The van der Waals surface area contributed by atoms with Gasteiger partial charge in [0, 0.05) is 5.41 Å². The summed E-state index contributed by atoms with van der Waals surface area (Å²) < 4.78 is 6.20. The van der Waals surface area contributed by atoms with Crippen LogP contribution in [-0.2, 0) is 4.74 Å². The third-order valence-corrected chi connectivity index (χ3v) is 9.81. The molecule has 0 aromatic carbocycles. The van der Waals surface area contributed by atoms with Crippen LogP contribution in [0.2, 0.25) is 0 Å². The molecule has 0 amide bonds. The van der Waals surface area contributed by atoms with Crippen LogP contribution < -0.4 is 0 Å². The highest BCUT2D eigenvalue weighted by atomic mass is 16.6. The molecule has 0 saturated heterocycles. The lowest BCUT2D eigenvalue weighted by atomic mass is 9.47. The van der Waals surface area contributed by atoms with Gasteiger partial charge >= 0.3 is 0 Å². The SMILES string of the molecule is C[C@]12CCC3C(C1CC[C@@]21C=CC(O)O1)[C@@H](C1CC1)CC1=C/C(=N/O)CC[C@@H]13. The van der Waals surface area contributed by atoms with Gasteiger partial charge < -0.3 is 15.1 Å². The summed E-state index contributed by atoms with van der Waals surface area (Å²) in [4.78, 5) is 0. The number of oxime groups is 1. The zero-order chi connectivity index (χ0) is 19.1. The molecule has 4 saturated carbocycles. The van der Waals surface area contributed by atoms with Crippen molar-refractivity contribution < 1.29 is 15.1 Å². The quantitative estimate of drug-likeness (QED) is 0.393. The maximum absolute atomic E-state index is 10.1. The Morgan fingerprint density at radius 1 is 1.11 bits per heavy atom. The highest BCUT2D eigenvalue weighted by Crippen LogP contribution is 2.69. The highest BCUT2D eigenvalue weighted by molar-refractivity contribution is 5.96. The van der Waals surface area contributed by atoms with E-state index in [2.05, 4.69) is 24.2 Å². The van der Waals surface area contributed by atoms with Gasteiger partial charge in [-0.3, -0.25) is 0 Å². The van der Waals surface area contributed by atoms with Crippen molar-refractivity contribution in [3.8, 4) is 0 Å². The molecule has 4 heteroatoms. The lowest BCUT2D eigenvalue weighted by molar-refractivity contribution is -0.184. The van der Waals surface area contributed by atoms with Crippen molar-refractivity contribution in [1.82, 2.24) is 0 Å². The number of aliphatic hydroxyl groups excluding tert-OH is 1. The van der Waals surface area contributed by atoms with Crippen LogP contribution in [0, 0.1) is 40.9 Å². The summed E-state index contributed by atoms with van der Waals surface area (Å²) in [6, 6.07) is 0. The summed E-state index contributed by atoms with van der Waals surface area (Å²) in [5, 5.41) is 22.9. The summed E-state index contributed by atoms with van der Waals surface area (Å²) in [6.07, 6.45) is 16.5. The Morgan fingerprint density at radius 3 is 2.68 bits per heavy atom. The first-order chi connectivity index (χ1) is 13.5. The molecule has 152 valence electrons. The highest BCUT2D eigenvalue weighted by Gasteiger charge is 2.66. The predicted molar refractivity (Wildman–Crippen MR) is 107 cm³/mol. The first-order valence-corrected chi connectivity index (χ1v) is 11.5. The lowest BCUT2D eigenvalue weighted by Crippen LogP contribution is -2.54. The van der Waals surface area contributed by atoms with E-state index >= 15 is 0 Å². The predicted octanol–water partition coefficient (Wildman–Crippen LogP) is 4.67. The Labute approximate surface area is 167 Å². The van der Waals surface area contributed by atoms with E-state index in [9.17, 15) is 10.3 Å². The van der Waals surface area contributed by atoms with Gasteiger partial charge in [0.25, 0.3) is 0 Å². The van der Waals surface area contributed by atoms with Gasteiger partial charge in [0.05, 0.1) is 11.3 Å². The fourth-order valence-electron chi connectivity index (χ4n) is 8.42. The van der Waals surface area contributed by atoms with E-state index in [1.165, 1.54) is 38.5 Å². The lowest BCUT2D eigenvalue weighted by Gasteiger charge is -2.58. The Morgan fingerprint density at radius 2 is 1.96 bits per heavy atom. The second kappa shape index (κ2) is 5.95. The normalized spacial score (nSPS) is 53.8. The van der Waals surface area contributed by atoms with Gasteiger partial charge in [-0.2, -0.15) is 0 Å². The molecule has 4 nitrogen and oxygen atoms in total. The average molecular weight is 384 g/mol. The zero-order valence-electron chi connectivity index (χ0n) is 16.9. The summed E-state index contributed by atoms with van der Waals surface area (Å²) >= 11 is 0. The third-order valence-electron chi connectivity index (χ3n) is 9.81. The topological polar surface area (TPSA) is 62.0 Å². The Hall–Kier alpha value is -1.13. The molecular formula is C24H33NO3. The summed E-state index contributed by atoms with van der Waals surface area (Å²) in [5.41, 5.74) is 2.39. The molecule has 6 rings (SSSR count). The minimum Gasteiger partial charge on any atom is -0.411 e.